The van der Waals surface area contributed by atoms with E-state index in [2.05, 4.69) is 26.5 Å². The van der Waals surface area contributed by atoms with Gasteiger partial charge in [0, 0.05) is 11.3 Å². The van der Waals surface area contributed by atoms with Crippen LogP contribution in [0.2, 0.25) is 0 Å². The second-order valence-corrected chi connectivity index (χ2v) is 7.91. The number of thiazole rings is 1. The lowest BCUT2D eigenvalue weighted by Crippen LogP contribution is -2.39. The van der Waals surface area contributed by atoms with Crippen molar-refractivity contribution in [2.75, 3.05) is 17.7 Å². The van der Waals surface area contributed by atoms with Gasteiger partial charge in [0.05, 0.1) is 13.2 Å². The molecule has 9 nitrogen and oxygen atoms in total. The van der Waals surface area contributed by atoms with Crippen molar-refractivity contribution in [3.8, 4) is 5.75 Å². The number of hydrazine groups is 1. The first-order chi connectivity index (χ1) is 15.0. The second-order valence-electron chi connectivity index (χ2n) is 6.91. The number of ether oxygens (including phenoxy) is 1. The van der Waals surface area contributed by atoms with Crippen LogP contribution in [0.25, 0.3) is 0 Å². The molecule has 1 aliphatic heterocycles. The highest BCUT2D eigenvalue weighted by atomic mass is 32.1. The molecule has 1 aromatic heterocycles. The van der Waals surface area contributed by atoms with Crippen molar-refractivity contribution >= 4 is 39.0 Å². The molecule has 0 spiro atoms. The molecule has 0 saturated carbocycles. The maximum Gasteiger partial charge on any atom is 0.270 e. The van der Waals surface area contributed by atoms with Gasteiger partial charge < -0.3 is 21.1 Å². The summed E-state index contributed by atoms with van der Waals surface area (Å²) >= 11 is 1.15. The van der Waals surface area contributed by atoms with Gasteiger partial charge in [0.1, 0.15) is 16.8 Å². The highest BCUT2D eigenvalue weighted by Crippen LogP contribution is 2.33. The van der Waals surface area contributed by atoms with E-state index in [9.17, 15) is 9.59 Å². The largest absolute Gasteiger partial charge is 0.496 e. The molecule has 0 aliphatic carbocycles. The number of aromatic nitrogens is 1. The fraction of sp³-hybridized carbons (Fsp3) is 0.190. The Morgan fingerprint density at radius 3 is 2.61 bits per heavy atom. The van der Waals surface area contributed by atoms with Crippen molar-refractivity contribution in [3.63, 3.8) is 0 Å². The van der Waals surface area contributed by atoms with Crippen LogP contribution in [0.3, 0.4) is 0 Å². The first kappa shape index (κ1) is 20.8. The van der Waals surface area contributed by atoms with Gasteiger partial charge >= 0.3 is 0 Å². The molecule has 2 aromatic carbocycles. The van der Waals surface area contributed by atoms with Gasteiger partial charge in [0.2, 0.25) is 5.91 Å². The first-order valence-corrected chi connectivity index (χ1v) is 10.4. The smallest absolute Gasteiger partial charge is 0.270 e. The molecule has 2 heterocycles. The van der Waals surface area contributed by atoms with E-state index in [1.54, 1.807) is 7.11 Å². The van der Waals surface area contributed by atoms with Gasteiger partial charge in [-0.15, -0.1) is 0 Å². The van der Waals surface area contributed by atoms with Crippen LogP contribution in [-0.4, -0.2) is 29.9 Å². The molecule has 1 aliphatic rings. The Morgan fingerprint density at radius 1 is 1.13 bits per heavy atom. The van der Waals surface area contributed by atoms with Gasteiger partial charge in [-0.2, -0.15) is 0 Å². The number of amides is 2. The van der Waals surface area contributed by atoms with Crippen LogP contribution in [0.1, 0.15) is 28.5 Å². The van der Waals surface area contributed by atoms with E-state index in [1.165, 1.54) is 0 Å². The number of nitrogens with zero attached hydrogens (tertiary/aromatic N) is 1. The molecule has 6 N–H and O–H groups in total. The SMILES string of the molecule is COc1ccccc1C1CC(C(=O)Nc2sc(Nc3ccccc3)nc2C(N)=O)NN1. The molecule has 0 bridgehead atoms. The number of hydrogen-bond donors (Lipinski definition) is 5. The fourth-order valence-electron chi connectivity index (χ4n) is 3.36. The summed E-state index contributed by atoms with van der Waals surface area (Å²) in [7, 11) is 1.61. The number of anilines is 3. The number of rotatable bonds is 7. The monoisotopic (exact) mass is 438 g/mol. The number of benzene rings is 2. The van der Waals surface area contributed by atoms with E-state index >= 15 is 0 Å². The molecule has 4 rings (SSSR count). The molecule has 31 heavy (non-hydrogen) atoms. The summed E-state index contributed by atoms with van der Waals surface area (Å²) in [6.45, 7) is 0. The Balaban J connectivity index is 1.46. The first-order valence-electron chi connectivity index (χ1n) is 9.62. The van der Waals surface area contributed by atoms with Gasteiger partial charge in [-0.25, -0.2) is 15.8 Å². The number of methoxy groups -OCH3 is 1. The van der Waals surface area contributed by atoms with E-state index < -0.39 is 11.9 Å². The summed E-state index contributed by atoms with van der Waals surface area (Å²) in [5.74, 6) is -0.252. The van der Waals surface area contributed by atoms with Crippen molar-refractivity contribution in [2.45, 2.75) is 18.5 Å². The zero-order valence-corrected chi connectivity index (χ0v) is 17.5. The van der Waals surface area contributed by atoms with Gasteiger partial charge in [-0.1, -0.05) is 47.7 Å². The second kappa shape index (κ2) is 9.13. The predicted molar refractivity (Wildman–Crippen MR) is 119 cm³/mol. The maximum absolute atomic E-state index is 12.8. The van der Waals surface area contributed by atoms with Crippen molar-refractivity contribution in [1.82, 2.24) is 15.8 Å². The highest BCUT2D eigenvalue weighted by Gasteiger charge is 2.32. The van der Waals surface area contributed by atoms with Crippen LogP contribution in [0.15, 0.2) is 54.6 Å². The van der Waals surface area contributed by atoms with Gasteiger partial charge in [0.15, 0.2) is 10.8 Å². The quantitative estimate of drug-likeness (QED) is 0.383. The number of carbonyl (C=O) groups is 2. The lowest BCUT2D eigenvalue weighted by atomic mass is 10.0. The summed E-state index contributed by atoms with van der Waals surface area (Å²) in [4.78, 5) is 28.9. The zero-order valence-electron chi connectivity index (χ0n) is 16.7. The number of nitrogens with two attached hydrogens (primary N) is 1. The lowest BCUT2D eigenvalue weighted by Gasteiger charge is -2.13. The number of carbonyl (C=O) groups excluding carboxylic acids is 2. The predicted octanol–water partition coefficient (Wildman–Crippen LogP) is 2.54. The summed E-state index contributed by atoms with van der Waals surface area (Å²) < 4.78 is 5.41. The Labute approximate surface area is 183 Å². The Bertz CT molecular complexity index is 1090. The van der Waals surface area contributed by atoms with Crippen LogP contribution >= 0.6 is 11.3 Å². The Kier molecular flexibility index (Phi) is 6.12. The summed E-state index contributed by atoms with van der Waals surface area (Å²) in [5.41, 5.74) is 13.4. The van der Waals surface area contributed by atoms with Crippen molar-refractivity contribution in [2.24, 2.45) is 5.73 Å². The van der Waals surface area contributed by atoms with Crippen LogP contribution in [0.4, 0.5) is 15.8 Å². The van der Waals surface area contributed by atoms with Crippen LogP contribution in [0, 0.1) is 0 Å². The van der Waals surface area contributed by atoms with Crippen molar-refractivity contribution < 1.29 is 14.3 Å². The summed E-state index contributed by atoms with van der Waals surface area (Å²) in [5, 5.41) is 6.66. The Hall–Kier alpha value is -3.47. The standard InChI is InChI=1S/C21H22N6O3S/c1-30-16-10-6-5-9-13(16)14-11-15(27-26-14)19(29)25-20-17(18(22)28)24-21(31-20)23-12-7-3-2-4-8-12/h2-10,14-15,26-27H,11H2,1H3,(H2,22,28)(H,23,24)(H,25,29). The molecular weight excluding hydrogens is 416 g/mol. The Morgan fingerprint density at radius 2 is 1.87 bits per heavy atom. The number of hydrogen-bond acceptors (Lipinski definition) is 8. The molecule has 1 fully saturated rings. The molecule has 2 atom stereocenters. The van der Waals surface area contributed by atoms with E-state index in [0.29, 0.717) is 16.6 Å². The molecule has 2 amide bonds. The van der Waals surface area contributed by atoms with E-state index in [1.807, 2.05) is 54.6 Å². The van der Waals surface area contributed by atoms with E-state index in [4.69, 9.17) is 10.5 Å². The summed E-state index contributed by atoms with van der Waals surface area (Å²) in [6, 6.07) is 16.4. The highest BCUT2D eigenvalue weighted by molar-refractivity contribution is 7.20. The van der Waals surface area contributed by atoms with Crippen LogP contribution < -0.4 is 32.0 Å². The molecule has 2 unspecified atom stereocenters. The minimum atomic E-state index is -0.711. The minimum absolute atomic E-state index is 0.0176. The van der Waals surface area contributed by atoms with E-state index in [0.717, 1.165) is 28.3 Å². The third-order valence-corrected chi connectivity index (χ3v) is 5.74. The summed E-state index contributed by atoms with van der Waals surface area (Å²) in [6.07, 6.45) is 0.506. The molecule has 160 valence electrons. The van der Waals surface area contributed by atoms with Gasteiger partial charge in [-0.05, 0) is 24.6 Å². The fourth-order valence-corrected chi connectivity index (χ4v) is 4.25. The molecule has 10 heteroatoms. The van der Waals surface area contributed by atoms with Crippen LogP contribution in [0.5, 0.6) is 5.75 Å². The van der Waals surface area contributed by atoms with Crippen molar-refractivity contribution in [3.05, 3.63) is 65.9 Å². The third kappa shape index (κ3) is 4.66. The minimum Gasteiger partial charge on any atom is -0.496 e. The molecular formula is C21H22N6O3S. The van der Waals surface area contributed by atoms with Crippen LogP contribution in [-0.2, 0) is 4.79 Å². The number of nitrogens with one attached hydrogen (secondary N) is 4. The molecule has 0 radical (unpaired) electrons. The van der Waals surface area contributed by atoms with Gasteiger partial charge in [-0.3, -0.25) is 9.59 Å². The molecule has 3 aromatic rings. The van der Waals surface area contributed by atoms with Gasteiger partial charge in [0.25, 0.3) is 5.91 Å². The topological polar surface area (TPSA) is 130 Å². The zero-order chi connectivity index (χ0) is 21.8. The number of para-hydroxylation sites is 2. The van der Waals surface area contributed by atoms with Crippen molar-refractivity contribution in [1.29, 1.82) is 0 Å². The van der Waals surface area contributed by atoms with E-state index in [-0.39, 0.29) is 17.6 Å². The lowest BCUT2D eigenvalue weighted by molar-refractivity contribution is -0.117. The average Bonchev–Trinajstić information content (AvgIpc) is 3.42. The third-order valence-electron chi connectivity index (χ3n) is 4.86. The number of primary amides is 1. The average molecular weight is 439 g/mol. The normalized spacial score (nSPS) is 17.8. The maximum atomic E-state index is 12.8. The molecule has 1 saturated heterocycles.